The fraction of sp³-hybridized carbons (Fsp3) is 0.143. The van der Waals surface area contributed by atoms with Crippen molar-refractivity contribution in [2.75, 3.05) is 0 Å². The minimum Gasteiger partial charge on any atom is -0.337 e. The van der Waals surface area contributed by atoms with Crippen molar-refractivity contribution in [3.63, 3.8) is 0 Å². The van der Waals surface area contributed by atoms with Crippen molar-refractivity contribution >= 4 is 26.8 Å². The zero-order chi connectivity index (χ0) is 15.0. The number of hydrogen-bond donors (Lipinski definition) is 0. The third-order valence-corrected chi connectivity index (χ3v) is 3.53. The fourth-order valence-electron chi connectivity index (χ4n) is 2.13. The Hall–Kier alpha value is -2.46. The summed E-state index contributed by atoms with van der Waals surface area (Å²) in [5.74, 6) is 0.961. The maximum Gasteiger partial charge on any atom is 0.246 e. The van der Waals surface area contributed by atoms with Gasteiger partial charge >= 0.3 is 0 Å². The van der Waals surface area contributed by atoms with Gasteiger partial charge in [-0.15, -0.1) is 0 Å². The van der Waals surface area contributed by atoms with Gasteiger partial charge in [0.05, 0.1) is 5.52 Å². The highest BCUT2D eigenvalue weighted by Crippen LogP contribution is 2.18. The van der Waals surface area contributed by atoms with Crippen molar-refractivity contribution in [3.8, 4) is 6.07 Å². The molecule has 0 aliphatic carbocycles. The first-order valence-corrected chi connectivity index (χ1v) is 6.90. The van der Waals surface area contributed by atoms with Gasteiger partial charge in [-0.25, -0.2) is 0 Å². The van der Waals surface area contributed by atoms with E-state index in [-0.39, 0.29) is 11.0 Å². The Morgan fingerprint density at radius 1 is 1.48 bits per heavy atom. The summed E-state index contributed by atoms with van der Waals surface area (Å²) >= 11 is 3.34. The number of aromatic nitrogens is 3. The molecule has 0 amide bonds. The second-order valence-corrected chi connectivity index (χ2v) is 5.42. The van der Waals surface area contributed by atoms with Crippen LogP contribution in [0.3, 0.4) is 0 Å². The molecule has 0 N–H and O–H groups in total. The molecule has 2 heterocycles. The van der Waals surface area contributed by atoms with Crippen molar-refractivity contribution in [1.29, 1.82) is 5.26 Å². The molecule has 0 bridgehead atoms. The van der Waals surface area contributed by atoms with Crippen LogP contribution in [0.5, 0.6) is 0 Å². The van der Waals surface area contributed by atoms with Crippen LogP contribution in [0.4, 0.5) is 0 Å². The molecule has 0 radical (unpaired) electrons. The third kappa shape index (κ3) is 2.45. The average molecular weight is 345 g/mol. The van der Waals surface area contributed by atoms with E-state index in [4.69, 9.17) is 9.78 Å². The van der Waals surface area contributed by atoms with Gasteiger partial charge in [-0.05, 0) is 25.1 Å². The average Bonchev–Trinajstić information content (AvgIpc) is 2.87. The lowest BCUT2D eigenvalue weighted by Crippen LogP contribution is -2.13. The molecule has 0 spiro atoms. The number of aryl methyl sites for hydroxylation is 1. The molecule has 0 saturated heterocycles. The van der Waals surface area contributed by atoms with Crippen LogP contribution >= 0.6 is 15.9 Å². The van der Waals surface area contributed by atoms with Gasteiger partial charge in [0.1, 0.15) is 18.2 Å². The maximum atomic E-state index is 12.2. The number of halogens is 1. The zero-order valence-electron chi connectivity index (χ0n) is 11.0. The van der Waals surface area contributed by atoms with Crippen LogP contribution in [0.1, 0.15) is 17.3 Å². The largest absolute Gasteiger partial charge is 0.337 e. The van der Waals surface area contributed by atoms with Crippen LogP contribution < -0.4 is 5.43 Å². The quantitative estimate of drug-likeness (QED) is 0.712. The highest BCUT2D eigenvalue weighted by molar-refractivity contribution is 9.10. The van der Waals surface area contributed by atoms with E-state index in [9.17, 15) is 4.79 Å². The molecule has 0 fully saturated rings. The van der Waals surface area contributed by atoms with Crippen LogP contribution in [-0.4, -0.2) is 14.7 Å². The van der Waals surface area contributed by atoms with E-state index in [0.717, 1.165) is 4.47 Å². The van der Waals surface area contributed by atoms with Gasteiger partial charge in [0.2, 0.25) is 11.3 Å². The van der Waals surface area contributed by atoms with Crippen molar-refractivity contribution in [3.05, 3.63) is 56.4 Å². The Kier molecular flexibility index (Phi) is 3.31. The highest BCUT2D eigenvalue weighted by atomic mass is 79.9. The molecule has 6 nitrogen and oxygen atoms in total. The summed E-state index contributed by atoms with van der Waals surface area (Å²) in [6, 6.07) is 7.27. The number of rotatable bonds is 2. The first-order chi connectivity index (χ1) is 10.1. The second-order valence-electron chi connectivity index (χ2n) is 4.51. The van der Waals surface area contributed by atoms with E-state index in [2.05, 4.69) is 26.1 Å². The lowest BCUT2D eigenvalue weighted by atomic mass is 10.1. The summed E-state index contributed by atoms with van der Waals surface area (Å²) < 4.78 is 7.63. The molecular weight excluding hydrogens is 336 g/mol. The first kappa shape index (κ1) is 13.5. The van der Waals surface area contributed by atoms with E-state index >= 15 is 0 Å². The SMILES string of the molecule is Cc1noc(Cn2cc(C#N)c(=O)c3cc(Br)ccc32)n1. The number of hydrogen-bond acceptors (Lipinski definition) is 5. The highest BCUT2D eigenvalue weighted by Gasteiger charge is 2.11. The monoisotopic (exact) mass is 344 g/mol. The van der Waals surface area contributed by atoms with Gasteiger partial charge in [-0.2, -0.15) is 10.2 Å². The van der Waals surface area contributed by atoms with E-state index < -0.39 is 0 Å². The standard InChI is InChI=1S/C14H9BrN4O2/c1-8-17-13(21-18-8)7-19-6-9(5-16)14(20)11-4-10(15)2-3-12(11)19/h2-4,6H,7H2,1H3. The summed E-state index contributed by atoms with van der Waals surface area (Å²) in [7, 11) is 0. The van der Waals surface area contributed by atoms with Gasteiger partial charge in [0.25, 0.3) is 0 Å². The molecule has 0 aliphatic rings. The van der Waals surface area contributed by atoms with Crippen LogP contribution in [0.15, 0.2) is 38.2 Å². The van der Waals surface area contributed by atoms with Gasteiger partial charge in [0, 0.05) is 16.1 Å². The smallest absolute Gasteiger partial charge is 0.246 e. The summed E-state index contributed by atoms with van der Waals surface area (Å²) in [6.07, 6.45) is 1.51. The maximum absolute atomic E-state index is 12.2. The van der Waals surface area contributed by atoms with Crippen molar-refractivity contribution in [1.82, 2.24) is 14.7 Å². The number of nitriles is 1. The van der Waals surface area contributed by atoms with Crippen LogP contribution in [-0.2, 0) is 6.54 Å². The third-order valence-electron chi connectivity index (χ3n) is 3.04. The Bertz CT molecular complexity index is 936. The number of pyridine rings is 1. The van der Waals surface area contributed by atoms with Crippen LogP contribution in [0.2, 0.25) is 0 Å². The molecular formula is C14H9BrN4O2. The molecule has 0 aliphatic heterocycles. The van der Waals surface area contributed by atoms with Gasteiger partial charge in [0.15, 0.2) is 5.82 Å². The molecule has 0 atom stereocenters. The Morgan fingerprint density at radius 3 is 2.95 bits per heavy atom. The molecule has 2 aromatic heterocycles. The summed E-state index contributed by atoms with van der Waals surface area (Å²) in [4.78, 5) is 16.4. The van der Waals surface area contributed by atoms with E-state index in [1.54, 1.807) is 17.6 Å². The van der Waals surface area contributed by atoms with E-state index in [1.807, 2.05) is 18.2 Å². The van der Waals surface area contributed by atoms with Gasteiger partial charge < -0.3 is 9.09 Å². The Morgan fingerprint density at radius 2 is 2.29 bits per heavy atom. The Balaban J connectivity index is 2.24. The van der Waals surface area contributed by atoms with Crippen molar-refractivity contribution in [2.24, 2.45) is 0 Å². The van der Waals surface area contributed by atoms with Gasteiger partial charge in [-0.3, -0.25) is 4.79 Å². The minimum atomic E-state index is -0.285. The van der Waals surface area contributed by atoms with Crippen molar-refractivity contribution in [2.45, 2.75) is 13.5 Å². The number of benzene rings is 1. The second kappa shape index (κ2) is 5.14. The van der Waals surface area contributed by atoms with Crippen LogP contribution in [0.25, 0.3) is 10.9 Å². The molecule has 0 saturated carbocycles. The normalized spacial score (nSPS) is 10.7. The number of nitrogens with zero attached hydrogens (tertiary/aromatic N) is 4. The molecule has 3 aromatic rings. The summed E-state index contributed by atoms with van der Waals surface area (Å²) in [5, 5.41) is 13.3. The predicted octanol–water partition coefficient (Wildman–Crippen LogP) is 2.38. The molecule has 0 unspecified atom stereocenters. The fourth-order valence-corrected chi connectivity index (χ4v) is 2.49. The topological polar surface area (TPSA) is 84.7 Å². The molecule has 104 valence electrons. The molecule has 21 heavy (non-hydrogen) atoms. The van der Waals surface area contributed by atoms with Gasteiger partial charge in [-0.1, -0.05) is 21.1 Å². The van der Waals surface area contributed by atoms with Crippen molar-refractivity contribution < 1.29 is 4.52 Å². The molecule has 3 rings (SSSR count). The lowest BCUT2D eigenvalue weighted by molar-refractivity contribution is 0.369. The van der Waals surface area contributed by atoms with E-state index in [0.29, 0.717) is 29.2 Å². The summed E-state index contributed by atoms with van der Waals surface area (Å²) in [6.45, 7) is 2.03. The zero-order valence-corrected chi connectivity index (χ0v) is 12.6. The Labute approximate surface area is 127 Å². The minimum absolute atomic E-state index is 0.0804. The van der Waals surface area contributed by atoms with Crippen LogP contribution in [0, 0.1) is 18.3 Å². The first-order valence-electron chi connectivity index (χ1n) is 6.10. The molecule has 1 aromatic carbocycles. The van der Waals surface area contributed by atoms with E-state index in [1.165, 1.54) is 6.20 Å². The lowest BCUT2D eigenvalue weighted by Gasteiger charge is -2.09. The molecule has 7 heteroatoms. The predicted molar refractivity (Wildman–Crippen MR) is 78.8 cm³/mol. The number of fused-ring (bicyclic) bond motifs is 1. The summed E-state index contributed by atoms with van der Waals surface area (Å²) in [5.41, 5.74) is 0.502.